The molecule has 10 heteroatoms. The minimum atomic E-state index is -1.13. The van der Waals surface area contributed by atoms with E-state index in [0.717, 1.165) is 155 Å². The first-order valence-electron chi connectivity index (χ1n) is 25.6. The summed E-state index contributed by atoms with van der Waals surface area (Å²) in [5.41, 5.74) is 16.1. The van der Waals surface area contributed by atoms with Crippen LogP contribution in [0.4, 0.5) is 5.69 Å². The van der Waals surface area contributed by atoms with E-state index in [4.69, 9.17) is 9.47 Å². The summed E-state index contributed by atoms with van der Waals surface area (Å²) in [5, 5.41) is 19.2. The highest BCUT2D eigenvalue weighted by molar-refractivity contribution is 6.13. The lowest BCUT2D eigenvalue weighted by atomic mass is 9.82. The second-order valence-electron chi connectivity index (χ2n) is 19.5. The van der Waals surface area contributed by atoms with E-state index in [1.54, 1.807) is 12.1 Å². The topological polar surface area (TPSA) is 115 Å². The average Bonchev–Trinajstić information content (AvgIpc) is 3.37. The molecule has 0 unspecified atom stereocenters. The number of rotatable bonds is 6. The van der Waals surface area contributed by atoms with Gasteiger partial charge in [-0.2, -0.15) is 4.57 Å². The molecule has 0 radical (unpaired) electrons. The minimum Gasteiger partial charge on any atom is -0.545 e. The third-order valence-electron chi connectivity index (χ3n) is 14.9. The van der Waals surface area contributed by atoms with Crippen LogP contribution in [0.25, 0.3) is 27.4 Å². The highest BCUT2D eigenvalue weighted by atomic mass is 16.5. The smallest absolute Gasteiger partial charge is 0.345 e. The number of carbonyl (C=O) groups is 3. The molecule has 0 saturated heterocycles. The number of anilines is 1. The number of para-hydroxylation sites is 1. The van der Waals surface area contributed by atoms with Crippen molar-refractivity contribution in [3.8, 4) is 17.2 Å². The van der Waals surface area contributed by atoms with E-state index in [9.17, 15) is 19.5 Å². The van der Waals surface area contributed by atoms with Gasteiger partial charge in [0.25, 0.3) is 0 Å². The first-order chi connectivity index (χ1) is 34.4. The van der Waals surface area contributed by atoms with E-state index < -0.39 is 11.9 Å². The van der Waals surface area contributed by atoms with Gasteiger partial charge in [0.15, 0.2) is 0 Å². The van der Waals surface area contributed by atoms with Gasteiger partial charge in [0.1, 0.15) is 37.4 Å². The van der Waals surface area contributed by atoms with Gasteiger partial charge in [-0.15, -0.1) is 0 Å². The Morgan fingerprint density at radius 3 is 2.17 bits per heavy atom. The van der Waals surface area contributed by atoms with Crippen LogP contribution in [0.2, 0.25) is 0 Å². The van der Waals surface area contributed by atoms with Gasteiger partial charge in [0, 0.05) is 90.3 Å². The number of carbonyl (C=O) groups excluding carboxylic acids is 3. The summed E-state index contributed by atoms with van der Waals surface area (Å²) >= 11 is 0. The third kappa shape index (κ3) is 8.51. The summed E-state index contributed by atoms with van der Waals surface area (Å²) in [6.07, 6.45) is 8.65. The van der Waals surface area contributed by atoms with Crippen molar-refractivity contribution in [2.24, 2.45) is 7.05 Å². The number of hydrogen-bond donors (Lipinski definition) is 1. The Balaban J connectivity index is 0.000000160. The summed E-state index contributed by atoms with van der Waals surface area (Å²) in [6, 6.07) is 29.8. The van der Waals surface area contributed by atoms with Crippen molar-refractivity contribution in [2.75, 3.05) is 31.1 Å². The number of nitrogens with one attached hydrogen (secondary N) is 1. The molecular formula is C61H63N4O6+. The summed E-state index contributed by atoms with van der Waals surface area (Å²) in [6.45, 7) is 16.2. The van der Waals surface area contributed by atoms with Gasteiger partial charge < -0.3 is 29.6 Å². The molecule has 5 aliphatic rings. The molecule has 10 nitrogen and oxygen atoms in total. The van der Waals surface area contributed by atoms with Crippen LogP contribution in [0.3, 0.4) is 0 Å². The standard InChI is InChI=1S/C32H30N2O3.C27H26N2O3.C2H6/c35-32(36)22-10-2-1-9-21(22)27-25-17-19-7-3-13-33-15-5-11-23(28(19)33)30(25)37-31-24-12-6-16-34-14-4-8-20(29(24)34)18-26(27)31;1-16-12-17(2)26(18(3)13-16)32-27(31)25-21-8-6-7-9-23(21)29(5)24-11-10-20(14-22(24)25)15-28-19(4)30;1-2/h1-2,9-10,17-18H,3-8,11-16H2;6-14H,15H2,1-5H3;1-2H3/p+1. The number of aromatic nitrogens is 1. The van der Waals surface area contributed by atoms with Crippen LogP contribution in [0, 0.1) is 20.8 Å². The van der Waals surface area contributed by atoms with Crippen LogP contribution in [0.5, 0.6) is 17.2 Å². The lowest BCUT2D eigenvalue weighted by Crippen LogP contribution is -2.45. The van der Waals surface area contributed by atoms with Crippen molar-refractivity contribution in [1.29, 1.82) is 0 Å². The Kier molecular flexibility index (Phi) is 13.0. The molecule has 7 aromatic rings. The molecule has 5 aliphatic heterocycles. The Morgan fingerprint density at radius 1 is 0.732 bits per heavy atom. The molecule has 71 heavy (non-hydrogen) atoms. The number of esters is 1. The molecule has 0 spiro atoms. The minimum absolute atomic E-state index is 0.0980. The van der Waals surface area contributed by atoms with Crippen molar-refractivity contribution in [1.82, 2.24) is 9.89 Å². The summed E-state index contributed by atoms with van der Waals surface area (Å²) < 4.78 is 17.6. The molecule has 0 bridgehead atoms. The quantitative estimate of drug-likeness (QED) is 0.0776. The Hall–Kier alpha value is -7.33. The number of nitrogens with zero attached hydrogens (tertiary/aromatic N) is 3. The fourth-order valence-electron chi connectivity index (χ4n) is 12.0. The van der Waals surface area contributed by atoms with Gasteiger partial charge in [0.2, 0.25) is 22.3 Å². The number of benzene rings is 6. The molecule has 1 amide bonds. The number of aryl methyl sites for hydroxylation is 6. The van der Waals surface area contributed by atoms with Crippen LogP contribution in [-0.4, -0.2) is 44.0 Å². The molecule has 0 atom stereocenters. The molecule has 6 aromatic carbocycles. The number of pyridine rings is 1. The van der Waals surface area contributed by atoms with E-state index in [2.05, 4.69) is 31.5 Å². The third-order valence-corrected chi connectivity index (χ3v) is 14.9. The van der Waals surface area contributed by atoms with E-state index in [0.29, 0.717) is 17.9 Å². The van der Waals surface area contributed by atoms with Crippen molar-refractivity contribution >= 4 is 50.9 Å². The van der Waals surface area contributed by atoms with Crippen molar-refractivity contribution in [2.45, 2.75) is 99.5 Å². The number of ether oxygens (including phenoxy) is 2. The molecular weight excluding hydrogens is 885 g/mol. The first kappa shape index (κ1) is 47.4. The highest BCUT2D eigenvalue weighted by Gasteiger charge is 2.36. The van der Waals surface area contributed by atoms with E-state index in [1.165, 1.54) is 40.2 Å². The fourth-order valence-corrected chi connectivity index (χ4v) is 12.0. The Morgan fingerprint density at radius 2 is 1.41 bits per heavy atom. The molecule has 6 heterocycles. The SMILES string of the molecule is CC.CC(=O)NCc1ccc2c(c1)c(C(=O)Oc1c(C)cc(C)cc1C)c1ccccc1[n+]2C.O=C([O-])c1ccccc1C1=c2cc3c4c(c2Oc2c1cc1c5c2CCCN5CCC1)CCC[N+]=4CCC3. The van der Waals surface area contributed by atoms with E-state index in [1.807, 2.05) is 108 Å². The number of carboxylic acids is 1. The zero-order chi connectivity index (χ0) is 49.7. The maximum Gasteiger partial charge on any atom is 0.345 e. The second-order valence-corrected chi connectivity index (χ2v) is 19.5. The van der Waals surface area contributed by atoms with Gasteiger partial charge in [-0.05, 0) is 111 Å². The van der Waals surface area contributed by atoms with Gasteiger partial charge in [-0.1, -0.05) is 74.0 Å². The van der Waals surface area contributed by atoms with Gasteiger partial charge in [0.05, 0.1) is 27.9 Å². The Bertz CT molecular complexity index is 3470. The molecule has 1 N–H and O–H groups in total. The number of amides is 1. The number of hydrogen-bond acceptors (Lipinski definition) is 7. The second kappa shape index (κ2) is 19.5. The molecule has 0 fully saturated rings. The normalized spacial score (nSPS) is 14.9. The maximum absolute atomic E-state index is 13.6. The lowest BCUT2D eigenvalue weighted by molar-refractivity contribution is -0.617. The zero-order valence-electron chi connectivity index (χ0n) is 42.1. The highest BCUT2D eigenvalue weighted by Crippen LogP contribution is 2.49. The molecule has 362 valence electrons. The summed E-state index contributed by atoms with van der Waals surface area (Å²) in [4.78, 5) is 39.9. The number of fused-ring (bicyclic) bond motifs is 6. The summed E-state index contributed by atoms with van der Waals surface area (Å²) in [7, 11) is 1.99. The first-order valence-corrected chi connectivity index (χ1v) is 25.6. The van der Waals surface area contributed by atoms with Crippen LogP contribution in [0.15, 0.2) is 91.0 Å². The van der Waals surface area contributed by atoms with Gasteiger partial charge >= 0.3 is 5.97 Å². The average molecular weight is 948 g/mol. The Labute approximate surface area is 415 Å². The van der Waals surface area contributed by atoms with Crippen molar-refractivity contribution in [3.63, 3.8) is 0 Å². The van der Waals surface area contributed by atoms with Crippen molar-refractivity contribution < 1.29 is 33.5 Å². The lowest BCUT2D eigenvalue weighted by Gasteiger charge is -2.39. The molecule has 0 saturated carbocycles. The van der Waals surface area contributed by atoms with Crippen LogP contribution >= 0.6 is 0 Å². The van der Waals surface area contributed by atoms with Crippen LogP contribution < -0.4 is 44.5 Å². The number of carboxylic acid groups (broad SMARTS) is 1. The fraction of sp³-hybridized carbons (Fsp3) is 0.328. The van der Waals surface area contributed by atoms with E-state index >= 15 is 0 Å². The summed E-state index contributed by atoms with van der Waals surface area (Å²) in [5.74, 6) is 0.877. The zero-order valence-corrected chi connectivity index (χ0v) is 42.1. The van der Waals surface area contributed by atoms with Gasteiger partial charge in [-0.25, -0.2) is 9.37 Å². The largest absolute Gasteiger partial charge is 0.545 e. The molecule has 0 aliphatic carbocycles. The predicted molar refractivity (Wildman–Crippen MR) is 278 cm³/mol. The maximum atomic E-state index is 13.6. The van der Waals surface area contributed by atoms with Crippen LogP contribution in [-0.2, 0) is 44.1 Å². The molecule has 1 aromatic heterocycles. The van der Waals surface area contributed by atoms with E-state index in [-0.39, 0.29) is 11.5 Å². The predicted octanol–water partition coefficient (Wildman–Crippen LogP) is 8.11. The van der Waals surface area contributed by atoms with Crippen LogP contribution in [0.1, 0.15) is 123 Å². The van der Waals surface area contributed by atoms with Gasteiger partial charge in [-0.3, -0.25) is 4.79 Å². The van der Waals surface area contributed by atoms with Crippen molar-refractivity contribution in [3.05, 3.63) is 168 Å². The number of aromatic carboxylic acids is 1. The monoisotopic (exact) mass is 947 g/mol. The molecule has 12 rings (SSSR count).